The molecule has 0 fully saturated rings. The van der Waals surface area contributed by atoms with Crippen molar-refractivity contribution in [3.8, 4) is 17.2 Å². The Morgan fingerprint density at radius 3 is 2.37 bits per heavy atom. The van der Waals surface area contributed by atoms with Crippen LogP contribution >= 0.6 is 0 Å². The van der Waals surface area contributed by atoms with Crippen molar-refractivity contribution in [1.29, 1.82) is 0 Å². The molecule has 2 rings (SSSR count). The number of nitrogens with two attached hydrogens (primary N) is 1. The number of hydrogen-bond acceptors (Lipinski definition) is 5. The maximum Gasteiger partial charge on any atom is 0.251 e. The van der Waals surface area contributed by atoms with Crippen LogP contribution in [-0.2, 0) is 0 Å². The van der Waals surface area contributed by atoms with Crippen LogP contribution in [0.4, 0.5) is 0 Å². The molecule has 2 aromatic rings. The number of benzene rings is 2. The molecule has 2 aromatic carbocycles. The lowest BCUT2D eigenvalue weighted by atomic mass is 10.1. The SMILES string of the molecule is CCOc1cc(C(=O)NC(C)(C)CN)ccc1OCCOc1ccccc1. The maximum absolute atomic E-state index is 12.4. The number of carbonyl (C=O) groups excluding carboxylic acids is 1. The van der Waals surface area contributed by atoms with Crippen LogP contribution in [0.1, 0.15) is 31.1 Å². The van der Waals surface area contributed by atoms with Crippen molar-refractivity contribution < 1.29 is 19.0 Å². The molecule has 0 saturated carbocycles. The molecule has 0 atom stereocenters. The van der Waals surface area contributed by atoms with Crippen molar-refractivity contribution in [2.75, 3.05) is 26.4 Å². The lowest BCUT2D eigenvalue weighted by Crippen LogP contribution is -2.48. The summed E-state index contributed by atoms with van der Waals surface area (Å²) in [6.45, 7) is 7.21. The third-order valence-corrected chi connectivity index (χ3v) is 3.82. The summed E-state index contributed by atoms with van der Waals surface area (Å²) in [4.78, 5) is 12.4. The molecule has 6 heteroatoms. The van der Waals surface area contributed by atoms with Crippen LogP contribution in [-0.4, -0.2) is 37.8 Å². The smallest absolute Gasteiger partial charge is 0.251 e. The zero-order valence-electron chi connectivity index (χ0n) is 16.2. The predicted molar refractivity (Wildman–Crippen MR) is 106 cm³/mol. The summed E-state index contributed by atoms with van der Waals surface area (Å²) in [6.07, 6.45) is 0. The lowest BCUT2D eigenvalue weighted by Gasteiger charge is -2.24. The third kappa shape index (κ3) is 6.49. The zero-order chi connectivity index (χ0) is 19.7. The molecular weight excluding hydrogens is 344 g/mol. The molecule has 0 unspecified atom stereocenters. The molecule has 0 spiro atoms. The molecular formula is C21H28N2O4. The van der Waals surface area contributed by atoms with E-state index in [0.717, 1.165) is 5.75 Å². The second-order valence-corrected chi connectivity index (χ2v) is 6.65. The van der Waals surface area contributed by atoms with Crippen LogP contribution in [0.5, 0.6) is 17.2 Å². The molecule has 27 heavy (non-hydrogen) atoms. The summed E-state index contributed by atoms with van der Waals surface area (Å²) in [5, 5.41) is 2.90. The molecule has 0 saturated heterocycles. The fraction of sp³-hybridized carbons (Fsp3) is 0.381. The molecule has 3 N–H and O–H groups in total. The van der Waals surface area contributed by atoms with E-state index >= 15 is 0 Å². The monoisotopic (exact) mass is 372 g/mol. The highest BCUT2D eigenvalue weighted by atomic mass is 16.5. The first-order valence-electron chi connectivity index (χ1n) is 9.05. The maximum atomic E-state index is 12.4. The molecule has 0 aliphatic heterocycles. The van der Waals surface area contributed by atoms with E-state index < -0.39 is 5.54 Å². The van der Waals surface area contributed by atoms with Gasteiger partial charge in [-0.1, -0.05) is 18.2 Å². The molecule has 0 aliphatic carbocycles. The van der Waals surface area contributed by atoms with Gasteiger partial charge in [0.05, 0.1) is 6.61 Å². The summed E-state index contributed by atoms with van der Waals surface area (Å²) in [6, 6.07) is 14.7. The van der Waals surface area contributed by atoms with Crippen molar-refractivity contribution in [3.05, 3.63) is 54.1 Å². The molecule has 146 valence electrons. The fourth-order valence-electron chi connectivity index (χ4n) is 2.30. The summed E-state index contributed by atoms with van der Waals surface area (Å²) < 4.78 is 17.0. The van der Waals surface area contributed by atoms with Gasteiger partial charge in [-0.05, 0) is 51.1 Å². The van der Waals surface area contributed by atoms with E-state index in [4.69, 9.17) is 19.9 Å². The third-order valence-electron chi connectivity index (χ3n) is 3.82. The molecule has 6 nitrogen and oxygen atoms in total. The van der Waals surface area contributed by atoms with E-state index in [9.17, 15) is 4.79 Å². The second-order valence-electron chi connectivity index (χ2n) is 6.65. The number of amides is 1. The highest BCUT2D eigenvalue weighted by molar-refractivity contribution is 5.95. The van der Waals surface area contributed by atoms with Crippen molar-refractivity contribution in [2.45, 2.75) is 26.3 Å². The Bertz CT molecular complexity index is 732. The van der Waals surface area contributed by atoms with Gasteiger partial charge < -0.3 is 25.3 Å². The Hall–Kier alpha value is -2.73. The Morgan fingerprint density at radius 1 is 1.00 bits per heavy atom. The van der Waals surface area contributed by atoms with E-state index in [2.05, 4.69) is 5.32 Å². The van der Waals surface area contributed by atoms with Crippen molar-refractivity contribution in [3.63, 3.8) is 0 Å². The van der Waals surface area contributed by atoms with Gasteiger partial charge in [0.15, 0.2) is 11.5 Å². The number of rotatable bonds is 10. The Labute approximate surface area is 160 Å². The van der Waals surface area contributed by atoms with Gasteiger partial charge in [0.1, 0.15) is 19.0 Å². The molecule has 0 aromatic heterocycles. The molecule has 0 heterocycles. The standard InChI is InChI=1S/C21H28N2O4/c1-4-25-19-14-16(20(24)23-21(2,3)15-22)10-11-18(19)27-13-12-26-17-8-6-5-7-9-17/h5-11,14H,4,12-13,15,22H2,1-3H3,(H,23,24). The van der Waals surface area contributed by atoms with Crippen LogP contribution in [0.2, 0.25) is 0 Å². The Morgan fingerprint density at radius 2 is 1.70 bits per heavy atom. The van der Waals surface area contributed by atoms with E-state index in [1.54, 1.807) is 18.2 Å². The number of nitrogens with one attached hydrogen (secondary N) is 1. The summed E-state index contributed by atoms with van der Waals surface area (Å²) in [5.41, 5.74) is 5.69. The van der Waals surface area contributed by atoms with E-state index in [1.807, 2.05) is 51.1 Å². The largest absolute Gasteiger partial charge is 0.490 e. The van der Waals surface area contributed by atoms with Gasteiger partial charge in [-0.2, -0.15) is 0 Å². The first-order valence-corrected chi connectivity index (χ1v) is 9.05. The predicted octanol–water partition coefficient (Wildman–Crippen LogP) is 3.01. The minimum Gasteiger partial charge on any atom is -0.490 e. The van der Waals surface area contributed by atoms with Crippen molar-refractivity contribution in [2.24, 2.45) is 5.73 Å². The second kappa shape index (κ2) is 9.83. The quantitative estimate of drug-likeness (QED) is 0.627. The Balaban J connectivity index is 1.98. The summed E-state index contributed by atoms with van der Waals surface area (Å²) >= 11 is 0. The van der Waals surface area contributed by atoms with Gasteiger partial charge in [-0.25, -0.2) is 0 Å². The summed E-state index contributed by atoms with van der Waals surface area (Å²) in [7, 11) is 0. The minimum absolute atomic E-state index is 0.203. The average molecular weight is 372 g/mol. The van der Waals surface area contributed by atoms with Crippen molar-refractivity contribution in [1.82, 2.24) is 5.32 Å². The topological polar surface area (TPSA) is 82.8 Å². The fourth-order valence-corrected chi connectivity index (χ4v) is 2.30. The van der Waals surface area contributed by atoms with E-state index in [0.29, 0.717) is 43.4 Å². The minimum atomic E-state index is -0.479. The van der Waals surface area contributed by atoms with Crippen molar-refractivity contribution >= 4 is 5.91 Å². The van der Waals surface area contributed by atoms with Crippen LogP contribution in [0.15, 0.2) is 48.5 Å². The van der Waals surface area contributed by atoms with Crippen LogP contribution in [0, 0.1) is 0 Å². The molecule has 1 amide bonds. The summed E-state index contributed by atoms with van der Waals surface area (Å²) in [5.74, 6) is 1.68. The first-order chi connectivity index (χ1) is 12.9. The normalized spacial score (nSPS) is 11.0. The van der Waals surface area contributed by atoms with Crippen LogP contribution in [0.25, 0.3) is 0 Å². The zero-order valence-corrected chi connectivity index (χ0v) is 16.2. The van der Waals surface area contributed by atoms with Gasteiger partial charge in [0.2, 0.25) is 0 Å². The van der Waals surface area contributed by atoms with Gasteiger partial charge in [-0.3, -0.25) is 4.79 Å². The first kappa shape index (κ1) is 20.6. The number of hydrogen-bond donors (Lipinski definition) is 2. The van der Waals surface area contributed by atoms with Gasteiger partial charge in [-0.15, -0.1) is 0 Å². The van der Waals surface area contributed by atoms with Crippen LogP contribution in [0.3, 0.4) is 0 Å². The highest BCUT2D eigenvalue weighted by Gasteiger charge is 2.20. The average Bonchev–Trinajstić information content (AvgIpc) is 2.67. The molecule has 0 bridgehead atoms. The van der Waals surface area contributed by atoms with E-state index in [-0.39, 0.29) is 5.91 Å². The number of ether oxygens (including phenoxy) is 3. The Kier molecular flexibility index (Phi) is 7.49. The van der Waals surface area contributed by atoms with Gasteiger partial charge in [0, 0.05) is 17.6 Å². The number of para-hydroxylation sites is 1. The van der Waals surface area contributed by atoms with Crippen LogP contribution < -0.4 is 25.3 Å². The highest BCUT2D eigenvalue weighted by Crippen LogP contribution is 2.28. The molecule has 0 aliphatic rings. The van der Waals surface area contributed by atoms with Gasteiger partial charge in [0.25, 0.3) is 5.91 Å². The van der Waals surface area contributed by atoms with E-state index in [1.165, 1.54) is 0 Å². The van der Waals surface area contributed by atoms with Gasteiger partial charge >= 0.3 is 0 Å². The number of carbonyl (C=O) groups is 1. The molecule has 0 radical (unpaired) electrons. The lowest BCUT2D eigenvalue weighted by molar-refractivity contribution is 0.0915.